The van der Waals surface area contributed by atoms with Crippen molar-refractivity contribution in [3.8, 4) is 6.07 Å². The van der Waals surface area contributed by atoms with E-state index in [9.17, 15) is 24.0 Å². The molecule has 1 aliphatic rings. The summed E-state index contributed by atoms with van der Waals surface area (Å²) in [5, 5.41) is 12.2. The zero-order valence-electron chi connectivity index (χ0n) is 16.3. The molecule has 1 N–H and O–H groups in total. The summed E-state index contributed by atoms with van der Waals surface area (Å²) in [5.41, 5.74) is -0.400. The van der Waals surface area contributed by atoms with Gasteiger partial charge in [-0.3, -0.25) is 18.7 Å². The summed E-state index contributed by atoms with van der Waals surface area (Å²) < 4.78 is 16.1. The van der Waals surface area contributed by atoms with E-state index >= 15 is 0 Å². The van der Waals surface area contributed by atoms with E-state index in [2.05, 4.69) is 5.32 Å². The molecule has 9 heteroatoms. The smallest absolute Gasteiger partial charge is 0.332 e. The van der Waals surface area contributed by atoms with Crippen molar-refractivity contribution in [2.75, 3.05) is 18.0 Å². The minimum atomic E-state index is -0.553. The van der Waals surface area contributed by atoms with Crippen LogP contribution in [0.15, 0.2) is 33.9 Å². The van der Waals surface area contributed by atoms with Gasteiger partial charge >= 0.3 is 5.69 Å². The van der Waals surface area contributed by atoms with E-state index in [1.54, 1.807) is 0 Å². The fourth-order valence-corrected chi connectivity index (χ4v) is 3.63. The highest BCUT2D eigenvalue weighted by Crippen LogP contribution is 2.20. The van der Waals surface area contributed by atoms with Gasteiger partial charge in [-0.1, -0.05) is 0 Å². The Balaban J connectivity index is 2.06. The second-order valence-electron chi connectivity index (χ2n) is 7.17. The number of benzene rings is 1. The standard InChI is InChI=1S/C20H22FN5O3/c1-13(27)23-17-4-3-7-25(12-17)18-9-19(28)24(2)20(29)26(18)11-15-8-16(21)6-5-14(15)10-22/h5-6,8-9,17H,3-4,7,11-12H2,1-2H3,(H,23,27)/t17-/m1/s1. The Morgan fingerprint density at radius 3 is 2.79 bits per heavy atom. The molecule has 1 aromatic heterocycles. The van der Waals surface area contributed by atoms with Gasteiger partial charge in [0.1, 0.15) is 11.6 Å². The monoisotopic (exact) mass is 399 g/mol. The molecule has 8 nitrogen and oxygen atoms in total. The Morgan fingerprint density at radius 1 is 1.34 bits per heavy atom. The van der Waals surface area contributed by atoms with Crippen LogP contribution in [0.1, 0.15) is 30.9 Å². The highest BCUT2D eigenvalue weighted by molar-refractivity contribution is 5.73. The van der Waals surface area contributed by atoms with Crippen LogP contribution in [0, 0.1) is 17.1 Å². The molecule has 2 aromatic rings. The molecule has 0 spiro atoms. The molecule has 0 bridgehead atoms. The summed E-state index contributed by atoms with van der Waals surface area (Å²) >= 11 is 0. The molecule has 3 rings (SSSR count). The molecule has 29 heavy (non-hydrogen) atoms. The Morgan fingerprint density at radius 2 is 2.10 bits per heavy atom. The number of rotatable bonds is 4. The number of amides is 1. The summed E-state index contributed by atoms with van der Waals surface area (Å²) in [4.78, 5) is 38.4. The molecule has 0 saturated carbocycles. The van der Waals surface area contributed by atoms with E-state index < -0.39 is 17.1 Å². The van der Waals surface area contributed by atoms with Gasteiger partial charge in [0, 0.05) is 39.2 Å². The predicted molar refractivity (Wildman–Crippen MR) is 105 cm³/mol. The molecule has 0 aliphatic carbocycles. The molecule has 1 amide bonds. The average molecular weight is 399 g/mol. The number of hydrogen-bond donors (Lipinski definition) is 1. The Kier molecular flexibility index (Phi) is 5.82. The van der Waals surface area contributed by atoms with E-state index in [4.69, 9.17) is 0 Å². The van der Waals surface area contributed by atoms with Crippen molar-refractivity contribution >= 4 is 11.7 Å². The van der Waals surface area contributed by atoms with Crippen molar-refractivity contribution in [2.45, 2.75) is 32.4 Å². The number of hydrogen-bond acceptors (Lipinski definition) is 5. The van der Waals surface area contributed by atoms with Crippen LogP contribution in [-0.2, 0) is 18.4 Å². The number of carbonyl (C=O) groups is 1. The van der Waals surface area contributed by atoms with Crippen LogP contribution >= 0.6 is 0 Å². The van der Waals surface area contributed by atoms with Crippen molar-refractivity contribution in [1.29, 1.82) is 5.26 Å². The number of nitriles is 1. The van der Waals surface area contributed by atoms with Gasteiger partial charge in [-0.2, -0.15) is 5.26 Å². The van der Waals surface area contributed by atoms with Crippen LogP contribution in [0.2, 0.25) is 0 Å². The second-order valence-corrected chi connectivity index (χ2v) is 7.17. The summed E-state index contributed by atoms with van der Waals surface area (Å²) in [6.45, 7) is 2.45. The lowest BCUT2D eigenvalue weighted by Gasteiger charge is -2.35. The maximum absolute atomic E-state index is 13.8. The van der Waals surface area contributed by atoms with E-state index in [-0.39, 0.29) is 24.1 Å². The molecular formula is C20H22FN5O3. The Hall–Kier alpha value is -3.41. The van der Waals surface area contributed by atoms with Gasteiger partial charge in [-0.15, -0.1) is 0 Å². The minimum absolute atomic E-state index is 0.0513. The third kappa shape index (κ3) is 4.37. The first-order valence-corrected chi connectivity index (χ1v) is 9.31. The van der Waals surface area contributed by atoms with Gasteiger partial charge in [0.15, 0.2) is 0 Å². The van der Waals surface area contributed by atoms with Crippen LogP contribution in [-0.4, -0.2) is 34.2 Å². The quantitative estimate of drug-likeness (QED) is 0.816. The highest BCUT2D eigenvalue weighted by atomic mass is 19.1. The van der Waals surface area contributed by atoms with Gasteiger partial charge in [0.25, 0.3) is 5.56 Å². The molecule has 1 aromatic carbocycles. The number of halogens is 1. The van der Waals surface area contributed by atoms with Crippen LogP contribution in [0.3, 0.4) is 0 Å². The third-order valence-corrected chi connectivity index (χ3v) is 5.05. The van der Waals surface area contributed by atoms with Crippen molar-refractivity contribution in [1.82, 2.24) is 14.5 Å². The maximum atomic E-state index is 13.8. The second kappa shape index (κ2) is 8.31. The van der Waals surface area contributed by atoms with Crippen molar-refractivity contribution in [3.05, 3.63) is 62.0 Å². The van der Waals surface area contributed by atoms with Gasteiger partial charge in [0.05, 0.1) is 18.2 Å². The first-order chi connectivity index (χ1) is 13.8. The summed E-state index contributed by atoms with van der Waals surface area (Å²) in [6, 6.07) is 7.04. The van der Waals surface area contributed by atoms with Crippen molar-refractivity contribution in [2.24, 2.45) is 7.05 Å². The maximum Gasteiger partial charge on any atom is 0.332 e. The SMILES string of the molecule is CC(=O)N[C@@H]1CCCN(c2cc(=O)n(C)c(=O)n2Cc2cc(F)ccc2C#N)C1. The van der Waals surface area contributed by atoms with E-state index in [1.807, 2.05) is 11.0 Å². The normalized spacial score (nSPS) is 16.3. The minimum Gasteiger partial charge on any atom is -0.356 e. The fraction of sp³-hybridized carbons (Fsp3) is 0.400. The summed E-state index contributed by atoms with van der Waals surface area (Å²) in [5.74, 6) is -0.264. The number of aromatic nitrogens is 2. The van der Waals surface area contributed by atoms with Crippen molar-refractivity contribution in [3.63, 3.8) is 0 Å². The van der Waals surface area contributed by atoms with Gasteiger partial charge in [0.2, 0.25) is 5.91 Å². The van der Waals surface area contributed by atoms with E-state index in [0.717, 1.165) is 17.4 Å². The summed E-state index contributed by atoms with van der Waals surface area (Å²) in [6.07, 6.45) is 1.57. The fourth-order valence-electron chi connectivity index (χ4n) is 3.63. The van der Waals surface area contributed by atoms with Gasteiger partial charge in [-0.25, -0.2) is 9.18 Å². The Bertz CT molecular complexity index is 1100. The zero-order valence-corrected chi connectivity index (χ0v) is 16.3. The van der Waals surface area contributed by atoms with E-state index in [0.29, 0.717) is 24.5 Å². The van der Waals surface area contributed by atoms with Gasteiger partial charge < -0.3 is 10.2 Å². The molecule has 2 heterocycles. The average Bonchev–Trinajstić information content (AvgIpc) is 2.68. The lowest BCUT2D eigenvalue weighted by Crippen LogP contribution is -2.50. The third-order valence-electron chi connectivity index (χ3n) is 5.05. The first-order valence-electron chi connectivity index (χ1n) is 9.31. The van der Waals surface area contributed by atoms with Crippen LogP contribution in [0.25, 0.3) is 0 Å². The lowest BCUT2D eigenvalue weighted by molar-refractivity contribution is -0.119. The summed E-state index contributed by atoms with van der Waals surface area (Å²) in [7, 11) is 1.37. The molecule has 1 atom stereocenters. The van der Waals surface area contributed by atoms with Crippen LogP contribution < -0.4 is 21.5 Å². The zero-order chi connectivity index (χ0) is 21.1. The number of nitrogens with one attached hydrogen (secondary N) is 1. The molecule has 0 unspecified atom stereocenters. The van der Waals surface area contributed by atoms with Crippen LogP contribution in [0.5, 0.6) is 0 Å². The number of piperidine rings is 1. The van der Waals surface area contributed by atoms with E-state index in [1.165, 1.54) is 42.8 Å². The van der Waals surface area contributed by atoms with Crippen LogP contribution in [0.4, 0.5) is 10.2 Å². The molecule has 152 valence electrons. The predicted octanol–water partition coefficient (Wildman–Crippen LogP) is 0.711. The molecule has 1 fully saturated rings. The van der Waals surface area contributed by atoms with Crippen molar-refractivity contribution < 1.29 is 9.18 Å². The molecule has 1 aliphatic heterocycles. The molecule has 1 saturated heterocycles. The molecule has 0 radical (unpaired) electrons. The topological polar surface area (TPSA) is 100 Å². The number of nitrogens with zero attached hydrogens (tertiary/aromatic N) is 4. The highest BCUT2D eigenvalue weighted by Gasteiger charge is 2.24. The Labute approximate surface area is 166 Å². The molecular weight excluding hydrogens is 377 g/mol. The number of anilines is 1. The lowest BCUT2D eigenvalue weighted by atomic mass is 10.1. The first kappa shape index (κ1) is 20.3. The van der Waals surface area contributed by atoms with Gasteiger partial charge in [-0.05, 0) is 36.6 Å². The largest absolute Gasteiger partial charge is 0.356 e. The number of carbonyl (C=O) groups excluding carboxylic acids is 1.